The molecule has 1 amide bonds. The predicted molar refractivity (Wildman–Crippen MR) is 99.1 cm³/mol. The maximum absolute atomic E-state index is 12.3. The lowest BCUT2D eigenvalue weighted by atomic mass is 10.2. The Hall–Kier alpha value is -2.80. The van der Waals surface area contributed by atoms with Gasteiger partial charge in [-0.1, -0.05) is 24.3 Å². The van der Waals surface area contributed by atoms with E-state index in [2.05, 4.69) is 15.0 Å². The number of hydrogen-bond donors (Lipinski definition) is 3. The zero-order valence-electron chi connectivity index (χ0n) is 14.0. The first-order chi connectivity index (χ1) is 11.8. The van der Waals surface area contributed by atoms with Crippen LogP contribution < -0.4 is 10.0 Å². The van der Waals surface area contributed by atoms with Gasteiger partial charge < -0.3 is 10.3 Å². The second-order valence-electron chi connectivity index (χ2n) is 6.03. The molecule has 6 nitrogen and oxygen atoms in total. The van der Waals surface area contributed by atoms with Crippen molar-refractivity contribution >= 4 is 32.5 Å². The third-order valence-corrected chi connectivity index (χ3v) is 4.34. The van der Waals surface area contributed by atoms with Crippen LogP contribution in [0.4, 0.5) is 5.69 Å². The molecule has 25 heavy (non-hydrogen) atoms. The molecule has 0 spiro atoms. The fraction of sp³-hybridized carbons (Fsp3) is 0.167. The molecule has 0 fully saturated rings. The van der Waals surface area contributed by atoms with Gasteiger partial charge in [-0.3, -0.25) is 9.52 Å². The zero-order chi connectivity index (χ0) is 18.0. The molecule has 0 saturated heterocycles. The summed E-state index contributed by atoms with van der Waals surface area (Å²) in [4.78, 5) is 15.4. The molecule has 3 rings (SSSR count). The van der Waals surface area contributed by atoms with Crippen LogP contribution in [0.2, 0.25) is 0 Å². The summed E-state index contributed by atoms with van der Waals surface area (Å²) in [5.41, 5.74) is 3.93. The van der Waals surface area contributed by atoms with Gasteiger partial charge in [0.1, 0.15) is 5.69 Å². The Labute approximate surface area is 146 Å². The number of benzene rings is 2. The number of aromatic amines is 1. The smallest absolute Gasteiger partial charge is 0.267 e. The molecule has 0 unspecified atom stereocenters. The molecule has 1 heterocycles. The molecule has 1 aromatic heterocycles. The average Bonchev–Trinajstić information content (AvgIpc) is 2.95. The lowest BCUT2D eigenvalue weighted by molar-refractivity contribution is 0.0946. The third kappa shape index (κ3) is 4.39. The predicted octanol–water partition coefficient (Wildman–Crippen LogP) is 2.78. The van der Waals surface area contributed by atoms with Crippen LogP contribution in [0.25, 0.3) is 10.9 Å². The number of rotatable bonds is 5. The number of fused-ring (bicyclic) bond motifs is 1. The van der Waals surface area contributed by atoms with Gasteiger partial charge in [-0.15, -0.1) is 0 Å². The number of H-pyrrole nitrogens is 1. The minimum atomic E-state index is -3.29. The lowest BCUT2D eigenvalue weighted by Crippen LogP contribution is -2.23. The molecule has 0 aliphatic carbocycles. The summed E-state index contributed by atoms with van der Waals surface area (Å²) in [6, 6.07) is 14.7. The van der Waals surface area contributed by atoms with Gasteiger partial charge in [0.05, 0.1) is 6.26 Å². The number of amides is 1. The standard InChI is InChI=1S/C18H19N3O3S/c1-12-3-6-14-10-17(20-16(14)9-12)18(22)19-11-13-4-7-15(8-5-13)21-25(2,23)24/h3-10,20-21H,11H2,1-2H3,(H,19,22). The third-order valence-electron chi connectivity index (χ3n) is 3.73. The highest BCUT2D eigenvalue weighted by atomic mass is 32.2. The van der Waals surface area contributed by atoms with Gasteiger partial charge in [0, 0.05) is 23.1 Å². The number of sulfonamides is 1. The Kier molecular flexibility index (Phi) is 4.50. The molecule has 2 aromatic carbocycles. The first kappa shape index (κ1) is 17.0. The van der Waals surface area contributed by atoms with Gasteiger partial charge in [-0.2, -0.15) is 0 Å². The van der Waals surface area contributed by atoms with Crippen LogP contribution in [0.5, 0.6) is 0 Å². The summed E-state index contributed by atoms with van der Waals surface area (Å²) in [5, 5.41) is 3.84. The Morgan fingerprint density at radius 1 is 1.08 bits per heavy atom. The minimum Gasteiger partial charge on any atom is -0.351 e. The van der Waals surface area contributed by atoms with E-state index in [1.807, 2.05) is 31.2 Å². The molecule has 0 radical (unpaired) electrons. The molecule has 7 heteroatoms. The number of carbonyl (C=O) groups excluding carboxylic acids is 1. The molecule has 3 N–H and O–H groups in total. The number of carbonyl (C=O) groups is 1. The summed E-state index contributed by atoms with van der Waals surface area (Å²) < 4.78 is 24.8. The van der Waals surface area contributed by atoms with Crippen LogP contribution in [0.15, 0.2) is 48.5 Å². The Morgan fingerprint density at radius 3 is 2.48 bits per heavy atom. The van der Waals surface area contributed by atoms with Crippen LogP contribution >= 0.6 is 0 Å². The van der Waals surface area contributed by atoms with Gasteiger partial charge in [0.15, 0.2) is 0 Å². The quantitative estimate of drug-likeness (QED) is 0.656. The summed E-state index contributed by atoms with van der Waals surface area (Å²) in [6.45, 7) is 2.36. The van der Waals surface area contributed by atoms with Crippen molar-refractivity contribution in [3.8, 4) is 0 Å². The Bertz CT molecular complexity index is 1020. The van der Waals surface area contributed by atoms with E-state index < -0.39 is 10.0 Å². The number of aryl methyl sites for hydroxylation is 1. The number of anilines is 1. The van der Waals surface area contributed by atoms with E-state index in [0.29, 0.717) is 17.9 Å². The highest BCUT2D eigenvalue weighted by Gasteiger charge is 2.09. The molecular formula is C18H19N3O3S. The van der Waals surface area contributed by atoms with E-state index in [4.69, 9.17) is 0 Å². The first-order valence-corrected chi connectivity index (χ1v) is 9.64. The topological polar surface area (TPSA) is 91.1 Å². The van der Waals surface area contributed by atoms with Gasteiger partial charge in [-0.05, 0) is 42.3 Å². The van der Waals surface area contributed by atoms with E-state index >= 15 is 0 Å². The van der Waals surface area contributed by atoms with E-state index in [0.717, 1.165) is 28.3 Å². The maximum atomic E-state index is 12.3. The number of nitrogens with one attached hydrogen (secondary N) is 3. The van der Waals surface area contributed by atoms with E-state index in [1.165, 1.54) is 0 Å². The number of aromatic nitrogens is 1. The lowest BCUT2D eigenvalue weighted by Gasteiger charge is -2.07. The summed E-state index contributed by atoms with van der Waals surface area (Å²) in [7, 11) is -3.29. The fourth-order valence-corrected chi connectivity index (χ4v) is 3.11. The molecule has 0 saturated carbocycles. The van der Waals surface area contributed by atoms with Crippen molar-refractivity contribution in [1.82, 2.24) is 10.3 Å². The van der Waals surface area contributed by atoms with Crippen molar-refractivity contribution in [2.45, 2.75) is 13.5 Å². The summed E-state index contributed by atoms with van der Waals surface area (Å²) >= 11 is 0. The van der Waals surface area contributed by atoms with Crippen LogP contribution in [-0.4, -0.2) is 25.6 Å². The van der Waals surface area contributed by atoms with Gasteiger partial charge in [0.25, 0.3) is 5.91 Å². The number of hydrogen-bond acceptors (Lipinski definition) is 3. The normalized spacial score (nSPS) is 11.4. The molecule has 130 valence electrons. The van der Waals surface area contributed by atoms with Gasteiger partial charge in [-0.25, -0.2) is 8.42 Å². The van der Waals surface area contributed by atoms with Gasteiger partial charge >= 0.3 is 0 Å². The van der Waals surface area contributed by atoms with Crippen LogP contribution in [0.3, 0.4) is 0 Å². The van der Waals surface area contributed by atoms with Crippen molar-refractivity contribution in [2.75, 3.05) is 11.0 Å². The van der Waals surface area contributed by atoms with Crippen molar-refractivity contribution in [3.05, 3.63) is 65.4 Å². The molecular weight excluding hydrogens is 338 g/mol. The molecule has 0 atom stereocenters. The van der Waals surface area contributed by atoms with Crippen LogP contribution in [0, 0.1) is 6.92 Å². The highest BCUT2D eigenvalue weighted by molar-refractivity contribution is 7.92. The van der Waals surface area contributed by atoms with Crippen LogP contribution in [0.1, 0.15) is 21.6 Å². The van der Waals surface area contributed by atoms with Crippen molar-refractivity contribution in [2.24, 2.45) is 0 Å². The minimum absolute atomic E-state index is 0.188. The summed E-state index contributed by atoms with van der Waals surface area (Å²) in [5.74, 6) is -0.188. The van der Waals surface area contributed by atoms with Crippen LogP contribution in [-0.2, 0) is 16.6 Å². The van der Waals surface area contributed by atoms with Crippen molar-refractivity contribution in [3.63, 3.8) is 0 Å². The highest BCUT2D eigenvalue weighted by Crippen LogP contribution is 2.17. The molecule has 0 aliphatic rings. The van der Waals surface area contributed by atoms with Crippen molar-refractivity contribution in [1.29, 1.82) is 0 Å². The van der Waals surface area contributed by atoms with Gasteiger partial charge in [0.2, 0.25) is 10.0 Å². The molecule has 0 bridgehead atoms. The van der Waals surface area contributed by atoms with E-state index in [-0.39, 0.29) is 5.91 Å². The Morgan fingerprint density at radius 2 is 1.80 bits per heavy atom. The fourth-order valence-electron chi connectivity index (χ4n) is 2.55. The summed E-state index contributed by atoms with van der Waals surface area (Å²) in [6.07, 6.45) is 1.10. The largest absolute Gasteiger partial charge is 0.351 e. The second-order valence-corrected chi connectivity index (χ2v) is 7.78. The zero-order valence-corrected chi connectivity index (χ0v) is 14.8. The van der Waals surface area contributed by atoms with E-state index in [1.54, 1.807) is 24.3 Å². The average molecular weight is 357 g/mol. The SMILES string of the molecule is Cc1ccc2cc(C(=O)NCc3ccc(NS(C)(=O)=O)cc3)[nH]c2c1. The van der Waals surface area contributed by atoms with E-state index in [9.17, 15) is 13.2 Å². The molecule has 0 aliphatic heterocycles. The Balaban J connectivity index is 1.65. The maximum Gasteiger partial charge on any atom is 0.267 e. The second kappa shape index (κ2) is 6.60. The van der Waals surface area contributed by atoms with Crippen molar-refractivity contribution < 1.29 is 13.2 Å². The monoisotopic (exact) mass is 357 g/mol. The molecule has 3 aromatic rings. The first-order valence-electron chi connectivity index (χ1n) is 7.74.